The van der Waals surface area contributed by atoms with Crippen LogP contribution in [0, 0.1) is 0 Å². The van der Waals surface area contributed by atoms with Crippen LogP contribution in [0.25, 0.3) is 0 Å². The predicted octanol–water partition coefficient (Wildman–Crippen LogP) is 4.71. The largest absolute Gasteiger partial charge is 0.478 e. The molecule has 1 amide bonds. The van der Waals surface area contributed by atoms with Crippen LogP contribution in [0.4, 0.5) is 5.69 Å². The van der Waals surface area contributed by atoms with Crippen molar-refractivity contribution in [3.8, 4) is 0 Å². The number of aromatic carboxylic acids is 1. The van der Waals surface area contributed by atoms with Crippen LogP contribution in [0.5, 0.6) is 0 Å². The van der Waals surface area contributed by atoms with E-state index in [-0.39, 0.29) is 26.9 Å². The van der Waals surface area contributed by atoms with Gasteiger partial charge in [0.15, 0.2) is 0 Å². The molecule has 0 fully saturated rings. The highest BCUT2D eigenvalue weighted by atomic mass is 79.9. The van der Waals surface area contributed by atoms with Crippen molar-refractivity contribution >= 4 is 56.7 Å². The standard InChI is InChI=1S/C14H8BrCl2NO3/c15-7-1-3-11(17)9(5-7)13(19)18-12-4-2-8(16)6-10(12)14(20)21/h1-6H,(H,18,19)(H,20,21). The molecule has 0 heterocycles. The van der Waals surface area contributed by atoms with E-state index in [0.717, 1.165) is 0 Å². The summed E-state index contributed by atoms with van der Waals surface area (Å²) >= 11 is 15.0. The average Bonchev–Trinajstić information content (AvgIpc) is 2.43. The van der Waals surface area contributed by atoms with Crippen LogP contribution in [0.3, 0.4) is 0 Å². The molecule has 2 N–H and O–H groups in total. The van der Waals surface area contributed by atoms with E-state index < -0.39 is 11.9 Å². The SMILES string of the molecule is O=C(Nc1ccc(Cl)cc1C(=O)O)c1cc(Br)ccc1Cl. The van der Waals surface area contributed by atoms with Crippen molar-refractivity contribution in [2.75, 3.05) is 5.32 Å². The van der Waals surface area contributed by atoms with Crippen molar-refractivity contribution < 1.29 is 14.7 Å². The van der Waals surface area contributed by atoms with Gasteiger partial charge in [-0.05, 0) is 36.4 Å². The Bertz CT molecular complexity index is 734. The van der Waals surface area contributed by atoms with Gasteiger partial charge in [0, 0.05) is 9.50 Å². The highest BCUT2D eigenvalue weighted by Crippen LogP contribution is 2.25. The first kappa shape index (κ1) is 15.8. The van der Waals surface area contributed by atoms with Crippen LogP contribution in [0.2, 0.25) is 10.0 Å². The minimum Gasteiger partial charge on any atom is -0.478 e. The van der Waals surface area contributed by atoms with Crippen molar-refractivity contribution in [1.29, 1.82) is 0 Å². The summed E-state index contributed by atoms with van der Waals surface area (Å²) in [6.07, 6.45) is 0. The lowest BCUT2D eigenvalue weighted by molar-refractivity contribution is 0.0698. The van der Waals surface area contributed by atoms with Gasteiger partial charge in [-0.3, -0.25) is 4.79 Å². The summed E-state index contributed by atoms with van der Waals surface area (Å²) < 4.78 is 0.687. The van der Waals surface area contributed by atoms with E-state index in [4.69, 9.17) is 28.3 Å². The van der Waals surface area contributed by atoms with Gasteiger partial charge in [-0.25, -0.2) is 4.79 Å². The molecule has 0 aromatic heterocycles. The number of nitrogens with one attached hydrogen (secondary N) is 1. The zero-order chi connectivity index (χ0) is 15.6. The lowest BCUT2D eigenvalue weighted by atomic mass is 10.1. The lowest BCUT2D eigenvalue weighted by Gasteiger charge is -2.10. The third-order valence-corrected chi connectivity index (χ3v) is 3.69. The summed E-state index contributed by atoms with van der Waals surface area (Å²) in [6.45, 7) is 0. The molecule has 4 nitrogen and oxygen atoms in total. The Morgan fingerprint density at radius 3 is 2.43 bits per heavy atom. The third-order valence-electron chi connectivity index (χ3n) is 2.63. The number of carbonyl (C=O) groups excluding carboxylic acids is 1. The molecule has 0 aliphatic carbocycles. The monoisotopic (exact) mass is 387 g/mol. The van der Waals surface area contributed by atoms with E-state index in [9.17, 15) is 9.59 Å². The maximum atomic E-state index is 12.2. The number of carboxylic acids is 1. The molecule has 0 saturated carbocycles. The van der Waals surface area contributed by atoms with Gasteiger partial charge in [0.25, 0.3) is 5.91 Å². The molecule has 2 aromatic rings. The fourth-order valence-corrected chi connectivity index (χ4v) is 2.40. The van der Waals surface area contributed by atoms with Crippen LogP contribution in [0.15, 0.2) is 40.9 Å². The predicted molar refractivity (Wildman–Crippen MR) is 85.5 cm³/mol. The maximum Gasteiger partial charge on any atom is 0.337 e. The summed E-state index contributed by atoms with van der Waals surface area (Å²) in [5.74, 6) is -1.70. The second-order valence-corrected chi connectivity index (χ2v) is 5.83. The first-order valence-electron chi connectivity index (χ1n) is 5.67. The van der Waals surface area contributed by atoms with E-state index in [1.165, 1.54) is 18.2 Å². The normalized spacial score (nSPS) is 10.2. The Balaban J connectivity index is 2.36. The van der Waals surface area contributed by atoms with E-state index >= 15 is 0 Å². The molecular weight excluding hydrogens is 381 g/mol. The van der Waals surface area contributed by atoms with Crippen LogP contribution in [-0.2, 0) is 0 Å². The van der Waals surface area contributed by atoms with Gasteiger partial charge in [-0.1, -0.05) is 39.1 Å². The number of carbonyl (C=O) groups is 2. The van der Waals surface area contributed by atoms with Crippen molar-refractivity contribution in [3.63, 3.8) is 0 Å². The number of hydrogen-bond acceptors (Lipinski definition) is 2. The first-order chi connectivity index (χ1) is 9.88. The molecule has 108 valence electrons. The van der Waals surface area contributed by atoms with E-state index in [2.05, 4.69) is 21.2 Å². The summed E-state index contributed by atoms with van der Waals surface area (Å²) in [5, 5.41) is 12.2. The molecule has 0 saturated heterocycles. The Hall–Kier alpha value is -1.56. The van der Waals surface area contributed by atoms with Gasteiger partial charge in [0.05, 0.1) is 21.8 Å². The van der Waals surface area contributed by atoms with Gasteiger partial charge >= 0.3 is 5.97 Å². The summed E-state index contributed by atoms with van der Waals surface area (Å²) in [5.41, 5.74) is 0.284. The number of anilines is 1. The summed E-state index contributed by atoms with van der Waals surface area (Å²) in [7, 11) is 0. The van der Waals surface area contributed by atoms with Crippen molar-refractivity contribution in [3.05, 3.63) is 62.0 Å². The average molecular weight is 389 g/mol. The molecule has 0 spiro atoms. The number of halogens is 3. The van der Waals surface area contributed by atoms with Crippen molar-refractivity contribution in [2.24, 2.45) is 0 Å². The Kier molecular flexibility index (Phi) is 4.88. The topological polar surface area (TPSA) is 66.4 Å². The van der Waals surface area contributed by atoms with E-state index in [0.29, 0.717) is 4.47 Å². The zero-order valence-corrected chi connectivity index (χ0v) is 13.5. The molecule has 0 unspecified atom stereocenters. The van der Waals surface area contributed by atoms with E-state index in [1.807, 2.05) is 0 Å². The molecule has 0 atom stereocenters. The molecule has 2 aromatic carbocycles. The van der Waals surface area contributed by atoms with Gasteiger partial charge in [0.2, 0.25) is 0 Å². The summed E-state index contributed by atoms with van der Waals surface area (Å²) in [6, 6.07) is 9.00. The highest BCUT2D eigenvalue weighted by Gasteiger charge is 2.16. The maximum absolute atomic E-state index is 12.2. The Morgan fingerprint density at radius 2 is 1.76 bits per heavy atom. The smallest absolute Gasteiger partial charge is 0.337 e. The van der Waals surface area contributed by atoms with Crippen molar-refractivity contribution in [1.82, 2.24) is 0 Å². The van der Waals surface area contributed by atoms with Gasteiger partial charge in [-0.15, -0.1) is 0 Å². The number of amides is 1. The number of benzene rings is 2. The number of carboxylic acid groups (broad SMARTS) is 1. The molecular formula is C14H8BrCl2NO3. The van der Waals surface area contributed by atoms with Crippen LogP contribution < -0.4 is 5.32 Å². The van der Waals surface area contributed by atoms with Crippen LogP contribution in [0.1, 0.15) is 20.7 Å². The fraction of sp³-hybridized carbons (Fsp3) is 0. The molecule has 0 aliphatic heterocycles. The highest BCUT2D eigenvalue weighted by molar-refractivity contribution is 9.10. The fourth-order valence-electron chi connectivity index (χ4n) is 1.66. The molecule has 7 heteroatoms. The Morgan fingerprint density at radius 1 is 1.05 bits per heavy atom. The second-order valence-electron chi connectivity index (χ2n) is 4.07. The molecule has 2 rings (SSSR count). The van der Waals surface area contributed by atoms with Crippen LogP contribution in [-0.4, -0.2) is 17.0 Å². The zero-order valence-electron chi connectivity index (χ0n) is 10.4. The quantitative estimate of drug-likeness (QED) is 0.800. The molecule has 0 aliphatic rings. The molecule has 21 heavy (non-hydrogen) atoms. The minimum absolute atomic E-state index is 0.0954. The second kappa shape index (κ2) is 6.47. The van der Waals surface area contributed by atoms with E-state index in [1.54, 1.807) is 18.2 Å². The summed E-state index contributed by atoms with van der Waals surface area (Å²) in [4.78, 5) is 23.4. The van der Waals surface area contributed by atoms with Gasteiger partial charge in [-0.2, -0.15) is 0 Å². The number of rotatable bonds is 3. The lowest BCUT2D eigenvalue weighted by Crippen LogP contribution is -2.15. The van der Waals surface area contributed by atoms with Crippen molar-refractivity contribution in [2.45, 2.75) is 0 Å². The molecule has 0 radical (unpaired) electrons. The number of hydrogen-bond donors (Lipinski definition) is 2. The first-order valence-corrected chi connectivity index (χ1v) is 7.22. The molecule has 0 bridgehead atoms. The Labute approximate surface area is 138 Å². The minimum atomic E-state index is -1.19. The van der Waals surface area contributed by atoms with Gasteiger partial charge < -0.3 is 10.4 Å². The van der Waals surface area contributed by atoms with Gasteiger partial charge in [0.1, 0.15) is 0 Å². The third kappa shape index (κ3) is 3.75. The van der Waals surface area contributed by atoms with Crippen LogP contribution >= 0.6 is 39.1 Å².